The van der Waals surface area contributed by atoms with E-state index in [1.54, 1.807) is 24.4 Å². The first-order valence-corrected chi connectivity index (χ1v) is 6.18. The fraction of sp³-hybridized carbons (Fsp3) is 0.0667. The maximum absolute atomic E-state index is 10.1. The van der Waals surface area contributed by atoms with Crippen LogP contribution >= 0.6 is 0 Å². The Labute approximate surface area is 120 Å². The molecular weight excluding hydrogens is 272 g/mol. The summed E-state index contributed by atoms with van der Waals surface area (Å²) in [7, 11) is 1.43. The van der Waals surface area contributed by atoms with Gasteiger partial charge in [0.25, 0.3) is 0 Å². The Bertz CT molecular complexity index is 769. The van der Waals surface area contributed by atoms with Crippen molar-refractivity contribution in [3.05, 3.63) is 42.6 Å². The summed E-state index contributed by atoms with van der Waals surface area (Å²) in [6.07, 6.45) is 1.64. The number of ether oxygens (including phenoxy) is 1. The van der Waals surface area contributed by atoms with Gasteiger partial charge in [0.2, 0.25) is 0 Å². The van der Waals surface area contributed by atoms with Crippen LogP contribution in [0.1, 0.15) is 0 Å². The lowest BCUT2D eigenvalue weighted by atomic mass is 10.1. The molecule has 2 N–H and O–H groups in total. The van der Waals surface area contributed by atoms with Crippen LogP contribution in [0.3, 0.4) is 0 Å². The first kappa shape index (κ1) is 13.0. The third kappa shape index (κ3) is 2.27. The summed E-state index contributed by atoms with van der Waals surface area (Å²) in [5, 5.41) is 23.9. The average Bonchev–Trinajstić information content (AvgIpc) is 2.98. The van der Waals surface area contributed by atoms with Crippen molar-refractivity contribution in [1.82, 2.24) is 10.1 Å². The highest BCUT2D eigenvalue weighted by Gasteiger charge is 2.19. The van der Waals surface area contributed by atoms with Gasteiger partial charge in [0, 0.05) is 12.3 Å². The lowest BCUT2D eigenvalue weighted by molar-refractivity contribution is 0.370. The van der Waals surface area contributed by atoms with Crippen LogP contribution in [-0.2, 0) is 0 Å². The monoisotopic (exact) mass is 284 g/mol. The Morgan fingerprint density at radius 2 is 1.95 bits per heavy atom. The lowest BCUT2D eigenvalue weighted by Gasteiger charge is -2.08. The van der Waals surface area contributed by atoms with E-state index in [2.05, 4.69) is 10.1 Å². The van der Waals surface area contributed by atoms with Crippen molar-refractivity contribution in [2.75, 3.05) is 7.11 Å². The van der Waals surface area contributed by atoms with Crippen LogP contribution in [0, 0.1) is 0 Å². The van der Waals surface area contributed by atoms with Gasteiger partial charge in [-0.3, -0.25) is 4.98 Å². The van der Waals surface area contributed by atoms with E-state index in [1.165, 1.54) is 19.2 Å². The quantitative estimate of drug-likeness (QED) is 0.768. The van der Waals surface area contributed by atoms with E-state index >= 15 is 0 Å². The number of nitrogens with zero attached hydrogens (tertiary/aromatic N) is 2. The lowest BCUT2D eigenvalue weighted by Crippen LogP contribution is -1.87. The molecule has 6 nitrogen and oxygen atoms in total. The average molecular weight is 284 g/mol. The van der Waals surface area contributed by atoms with E-state index in [9.17, 15) is 10.2 Å². The largest absolute Gasteiger partial charge is 0.507 e. The number of aromatic nitrogens is 2. The standard InChI is InChI=1S/C15H12N2O4/c1-20-12-6-5-11(18)14(15(12)19)10-8-13(21-17-10)9-4-2-3-7-16-9/h2-8,18-19H,1H3. The smallest absolute Gasteiger partial charge is 0.185 e. The predicted octanol–water partition coefficient (Wildman–Crippen LogP) is 2.82. The Morgan fingerprint density at radius 1 is 1.10 bits per heavy atom. The van der Waals surface area contributed by atoms with Crippen molar-refractivity contribution in [2.45, 2.75) is 0 Å². The van der Waals surface area contributed by atoms with E-state index < -0.39 is 0 Å². The molecule has 0 bridgehead atoms. The van der Waals surface area contributed by atoms with Crippen LogP contribution in [-0.4, -0.2) is 27.5 Å². The van der Waals surface area contributed by atoms with Crippen LogP contribution in [0.15, 0.2) is 47.1 Å². The fourth-order valence-corrected chi connectivity index (χ4v) is 2.00. The first-order valence-electron chi connectivity index (χ1n) is 6.18. The SMILES string of the molecule is COc1ccc(O)c(-c2cc(-c3ccccn3)on2)c1O. The van der Waals surface area contributed by atoms with Crippen molar-refractivity contribution in [3.63, 3.8) is 0 Å². The second-order valence-electron chi connectivity index (χ2n) is 4.30. The molecule has 0 radical (unpaired) electrons. The van der Waals surface area contributed by atoms with Gasteiger partial charge in [-0.1, -0.05) is 11.2 Å². The summed E-state index contributed by atoms with van der Waals surface area (Å²) in [6, 6.07) is 9.87. The van der Waals surface area contributed by atoms with Gasteiger partial charge in [-0.05, 0) is 24.3 Å². The second-order valence-corrected chi connectivity index (χ2v) is 4.30. The minimum Gasteiger partial charge on any atom is -0.507 e. The highest BCUT2D eigenvalue weighted by molar-refractivity contribution is 5.78. The van der Waals surface area contributed by atoms with E-state index in [4.69, 9.17) is 9.26 Å². The van der Waals surface area contributed by atoms with Crippen molar-refractivity contribution in [2.24, 2.45) is 0 Å². The highest BCUT2D eigenvalue weighted by atomic mass is 16.5. The van der Waals surface area contributed by atoms with Crippen molar-refractivity contribution >= 4 is 0 Å². The van der Waals surface area contributed by atoms with Gasteiger partial charge >= 0.3 is 0 Å². The molecule has 0 aliphatic carbocycles. The Hall–Kier alpha value is -3.02. The molecule has 0 unspecified atom stereocenters. The zero-order chi connectivity index (χ0) is 14.8. The third-order valence-corrected chi connectivity index (χ3v) is 3.02. The minimum atomic E-state index is -0.196. The normalized spacial score (nSPS) is 10.5. The molecule has 2 aromatic heterocycles. The number of benzene rings is 1. The molecule has 2 heterocycles. The van der Waals surface area contributed by atoms with Crippen molar-refractivity contribution in [1.29, 1.82) is 0 Å². The molecule has 6 heteroatoms. The summed E-state index contributed by atoms with van der Waals surface area (Å²) >= 11 is 0. The van der Waals surface area contributed by atoms with Crippen LogP contribution in [0.2, 0.25) is 0 Å². The highest BCUT2D eigenvalue weighted by Crippen LogP contribution is 2.43. The van der Waals surface area contributed by atoms with Gasteiger partial charge in [-0.2, -0.15) is 0 Å². The van der Waals surface area contributed by atoms with Gasteiger partial charge in [0.05, 0.1) is 12.7 Å². The Kier molecular flexibility index (Phi) is 3.19. The summed E-state index contributed by atoms with van der Waals surface area (Å²) in [5.74, 6) is 0.366. The number of phenolic OH excluding ortho intramolecular Hbond substituents is 2. The molecule has 106 valence electrons. The molecule has 3 rings (SSSR count). The molecular formula is C15H12N2O4. The molecule has 0 amide bonds. The number of pyridine rings is 1. The molecule has 21 heavy (non-hydrogen) atoms. The maximum Gasteiger partial charge on any atom is 0.185 e. The number of hydrogen-bond donors (Lipinski definition) is 2. The van der Waals surface area contributed by atoms with Gasteiger partial charge in [-0.25, -0.2) is 0 Å². The summed E-state index contributed by atoms with van der Waals surface area (Å²) in [6.45, 7) is 0. The van der Waals surface area contributed by atoms with Gasteiger partial charge in [0.1, 0.15) is 17.1 Å². The number of aromatic hydroxyl groups is 2. The van der Waals surface area contributed by atoms with E-state index in [-0.39, 0.29) is 22.8 Å². The molecule has 3 aromatic rings. The van der Waals surface area contributed by atoms with Crippen LogP contribution in [0.5, 0.6) is 17.2 Å². The summed E-state index contributed by atoms with van der Waals surface area (Å²) in [4.78, 5) is 4.15. The van der Waals surface area contributed by atoms with Crippen LogP contribution < -0.4 is 4.74 Å². The number of rotatable bonds is 3. The van der Waals surface area contributed by atoms with Crippen molar-refractivity contribution < 1.29 is 19.5 Å². The molecule has 1 aromatic carbocycles. The van der Waals surface area contributed by atoms with Crippen molar-refractivity contribution in [3.8, 4) is 40.0 Å². The third-order valence-electron chi connectivity index (χ3n) is 3.02. The second kappa shape index (κ2) is 5.16. The topological polar surface area (TPSA) is 88.6 Å². The fourth-order valence-electron chi connectivity index (χ4n) is 2.00. The molecule has 0 aliphatic heterocycles. The molecule has 0 atom stereocenters. The van der Waals surface area contributed by atoms with Crippen LogP contribution in [0.4, 0.5) is 0 Å². The summed E-state index contributed by atoms with van der Waals surface area (Å²) < 4.78 is 10.2. The Morgan fingerprint density at radius 3 is 2.67 bits per heavy atom. The molecule has 0 fully saturated rings. The van der Waals surface area contributed by atoms with Gasteiger partial charge in [0.15, 0.2) is 17.3 Å². The van der Waals surface area contributed by atoms with E-state index in [0.717, 1.165) is 0 Å². The van der Waals surface area contributed by atoms with Gasteiger partial charge < -0.3 is 19.5 Å². The molecule has 0 saturated carbocycles. The number of phenols is 2. The van der Waals surface area contributed by atoms with E-state index in [0.29, 0.717) is 17.1 Å². The van der Waals surface area contributed by atoms with E-state index in [1.807, 2.05) is 6.07 Å². The molecule has 0 aliphatic rings. The molecule has 0 saturated heterocycles. The number of methoxy groups -OCH3 is 1. The summed E-state index contributed by atoms with van der Waals surface area (Å²) in [5.41, 5.74) is 1.06. The molecule has 0 spiro atoms. The predicted molar refractivity (Wildman–Crippen MR) is 75.1 cm³/mol. The minimum absolute atomic E-state index is 0.117. The number of hydrogen-bond acceptors (Lipinski definition) is 6. The van der Waals surface area contributed by atoms with Crippen LogP contribution in [0.25, 0.3) is 22.7 Å². The van der Waals surface area contributed by atoms with Gasteiger partial charge in [-0.15, -0.1) is 0 Å². The maximum atomic E-state index is 10.1. The first-order chi connectivity index (χ1) is 10.2. The zero-order valence-corrected chi connectivity index (χ0v) is 11.1. The Balaban J connectivity index is 2.09. The zero-order valence-electron chi connectivity index (χ0n) is 11.1.